The van der Waals surface area contributed by atoms with Gasteiger partial charge in [-0.1, -0.05) is 12.1 Å². The molecule has 2 aromatic heterocycles. The smallest absolute Gasteiger partial charge is 0.291 e. The van der Waals surface area contributed by atoms with Crippen LogP contribution in [0.3, 0.4) is 0 Å². The molecule has 0 fully saturated rings. The Morgan fingerprint density at radius 3 is 2.47 bits per heavy atom. The fraction of sp³-hybridized carbons (Fsp3) is 0. The van der Waals surface area contributed by atoms with Gasteiger partial charge in [-0.15, -0.1) is 0 Å². The summed E-state index contributed by atoms with van der Waals surface area (Å²) in [5.41, 5.74) is 0.330. The normalized spacial score (nSPS) is 10.8. The van der Waals surface area contributed by atoms with Gasteiger partial charge in [-0.3, -0.25) is 14.8 Å². The quantitative estimate of drug-likeness (QED) is 0.692. The first-order chi connectivity index (χ1) is 9.15. The lowest BCUT2D eigenvalue weighted by Crippen LogP contribution is -2.22. The Balaban J connectivity index is 2.39. The first kappa shape index (κ1) is 11.3. The summed E-state index contributed by atoms with van der Waals surface area (Å²) in [4.78, 5) is 31.6. The van der Waals surface area contributed by atoms with Gasteiger partial charge in [-0.05, 0) is 29.3 Å². The number of aromatic amines is 2. The van der Waals surface area contributed by atoms with E-state index in [1.54, 1.807) is 18.2 Å². The van der Waals surface area contributed by atoms with E-state index in [-0.39, 0.29) is 16.9 Å². The van der Waals surface area contributed by atoms with Gasteiger partial charge in [0.1, 0.15) is 11.5 Å². The lowest BCUT2D eigenvalue weighted by Gasteiger charge is -2.04. The number of benzene rings is 1. The number of hydrogen-bond donors (Lipinski definition) is 2. The van der Waals surface area contributed by atoms with Gasteiger partial charge in [0.15, 0.2) is 0 Å². The highest BCUT2D eigenvalue weighted by molar-refractivity contribution is 5.91. The molecular weight excluding hydrogens is 249 g/mol. The first-order valence-electron chi connectivity index (χ1n) is 5.52. The Hall–Kier alpha value is -2.76. The molecule has 94 valence electrons. The Labute approximate surface area is 105 Å². The molecule has 0 saturated heterocycles. The van der Waals surface area contributed by atoms with Crippen molar-refractivity contribution in [3.05, 3.63) is 63.2 Å². The predicted octanol–water partition coefficient (Wildman–Crippen LogP) is 1.42. The van der Waals surface area contributed by atoms with Crippen LogP contribution >= 0.6 is 0 Å². The number of halogens is 1. The Bertz CT molecular complexity index is 865. The standard InChI is InChI=1S/C13H8FN3O2/c14-8-3-1-7(2-4-8)9-5-6-15-11-10(9)12(18)17-13(19)16-11/h1-6H,(H2,15,16,17,18,19). The summed E-state index contributed by atoms with van der Waals surface area (Å²) in [7, 11) is 0. The van der Waals surface area contributed by atoms with E-state index < -0.39 is 11.2 Å². The monoisotopic (exact) mass is 257 g/mol. The predicted molar refractivity (Wildman–Crippen MR) is 68.4 cm³/mol. The van der Waals surface area contributed by atoms with E-state index in [0.717, 1.165) is 0 Å². The second-order valence-corrected chi connectivity index (χ2v) is 4.00. The summed E-state index contributed by atoms with van der Waals surface area (Å²) in [5.74, 6) is -0.357. The highest BCUT2D eigenvalue weighted by atomic mass is 19.1. The van der Waals surface area contributed by atoms with E-state index in [4.69, 9.17) is 0 Å². The van der Waals surface area contributed by atoms with Gasteiger partial charge in [-0.25, -0.2) is 14.2 Å². The van der Waals surface area contributed by atoms with Crippen LogP contribution in [0, 0.1) is 5.82 Å². The SMILES string of the molecule is O=c1[nH]c(=O)c2c(-c3ccc(F)cc3)ccnc2[nH]1. The molecule has 0 unspecified atom stereocenters. The van der Waals surface area contributed by atoms with Crippen LogP contribution in [0.15, 0.2) is 46.1 Å². The van der Waals surface area contributed by atoms with Gasteiger partial charge < -0.3 is 0 Å². The third kappa shape index (κ3) is 1.93. The zero-order chi connectivity index (χ0) is 13.4. The van der Waals surface area contributed by atoms with Crippen molar-refractivity contribution >= 4 is 11.0 Å². The number of pyridine rings is 1. The molecule has 0 atom stereocenters. The minimum Gasteiger partial charge on any atom is -0.291 e. The molecule has 0 amide bonds. The van der Waals surface area contributed by atoms with E-state index in [0.29, 0.717) is 11.1 Å². The van der Waals surface area contributed by atoms with Crippen molar-refractivity contribution in [3.63, 3.8) is 0 Å². The second kappa shape index (κ2) is 4.16. The molecule has 2 heterocycles. The number of hydrogen-bond acceptors (Lipinski definition) is 3. The van der Waals surface area contributed by atoms with Gasteiger partial charge >= 0.3 is 5.69 Å². The minimum absolute atomic E-state index is 0.204. The maximum Gasteiger partial charge on any atom is 0.327 e. The molecule has 1 aromatic carbocycles. The topological polar surface area (TPSA) is 78.6 Å². The van der Waals surface area contributed by atoms with Gasteiger partial charge in [-0.2, -0.15) is 0 Å². The van der Waals surface area contributed by atoms with Crippen LogP contribution in [0.4, 0.5) is 4.39 Å². The first-order valence-corrected chi connectivity index (χ1v) is 5.52. The fourth-order valence-corrected chi connectivity index (χ4v) is 1.96. The molecule has 6 heteroatoms. The van der Waals surface area contributed by atoms with Crippen LogP contribution in [0.25, 0.3) is 22.2 Å². The third-order valence-electron chi connectivity index (χ3n) is 2.79. The average molecular weight is 257 g/mol. The summed E-state index contributed by atoms with van der Waals surface area (Å²) >= 11 is 0. The molecule has 0 spiro atoms. The van der Waals surface area contributed by atoms with Crippen LogP contribution in [0.2, 0.25) is 0 Å². The lowest BCUT2D eigenvalue weighted by molar-refractivity contribution is 0.628. The van der Waals surface area contributed by atoms with Gasteiger partial charge in [0.25, 0.3) is 5.56 Å². The molecule has 5 nitrogen and oxygen atoms in total. The molecule has 0 radical (unpaired) electrons. The Kier molecular flexibility index (Phi) is 2.49. The van der Waals surface area contributed by atoms with Crippen molar-refractivity contribution in [1.82, 2.24) is 15.0 Å². The van der Waals surface area contributed by atoms with Crippen molar-refractivity contribution in [2.75, 3.05) is 0 Å². The fourth-order valence-electron chi connectivity index (χ4n) is 1.96. The number of rotatable bonds is 1. The maximum atomic E-state index is 12.9. The number of nitrogens with one attached hydrogen (secondary N) is 2. The molecule has 2 N–H and O–H groups in total. The molecular formula is C13H8FN3O2. The van der Waals surface area contributed by atoms with E-state index in [2.05, 4.69) is 15.0 Å². The summed E-state index contributed by atoms with van der Waals surface area (Å²) < 4.78 is 12.9. The van der Waals surface area contributed by atoms with Gasteiger partial charge in [0.2, 0.25) is 0 Å². The second-order valence-electron chi connectivity index (χ2n) is 4.00. The number of H-pyrrole nitrogens is 2. The van der Waals surface area contributed by atoms with Crippen LogP contribution in [0.1, 0.15) is 0 Å². The Morgan fingerprint density at radius 1 is 1.00 bits per heavy atom. The number of fused-ring (bicyclic) bond motifs is 1. The molecule has 3 aromatic rings. The van der Waals surface area contributed by atoms with E-state index in [1.165, 1.54) is 18.3 Å². The largest absolute Gasteiger partial charge is 0.327 e. The van der Waals surface area contributed by atoms with Crippen molar-refractivity contribution in [2.24, 2.45) is 0 Å². The highest BCUT2D eigenvalue weighted by Gasteiger charge is 2.09. The van der Waals surface area contributed by atoms with E-state index in [9.17, 15) is 14.0 Å². The third-order valence-corrected chi connectivity index (χ3v) is 2.79. The molecule has 0 aliphatic heterocycles. The zero-order valence-corrected chi connectivity index (χ0v) is 9.61. The molecule has 0 saturated carbocycles. The van der Waals surface area contributed by atoms with Crippen molar-refractivity contribution in [2.45, 2.75) is 0 Å². The van der Waals surface area contributed by atoms with Crippen LogP contribution < -0.4 is 11.2 Å². The van der Waals surface area contributed by atoms with Crippen LogP contribution in [-0.2, 0) is 0 Å². The zero-order valence-electron chi connectivity index (χ0n) is 9.61. The van der Waals surface area contributed by atoms with Crippen LogP contribution in [-0.4, -0.2) is 15.0 Å². The number of nitrogens with zero attached hydrogens (tertiary/aromatic N) is 1. The summed E-state index contributed by atoms with van der Waals surface area (Å²) in [6.45, 7) is 0. The summed E-state index contributed by atoms with van der Waals surface area (Å²) in [6.07, 6.45) is 1.48. The average Bonchev–Trinajstić information content (AvgIpc) is 2.38. The van der Waals surface area contributed by atoms with Crippen molar-refractivity contribution < 1.29 is 4.39 Å². The van der Waals surface area contributed by atoms with Gasteiger partial charge in [0, 0.05) is 6.20 Å². The van der Waals surface area contributed by atoms with Crippen LogP contribution in [0.5, 0.6) is 0 Å². The van der Waals surface area contributed by atoms with Gasteiger partial charge in [0.05, 0.1) is 5.39 Å². The van der Waals surface area contributed by atoms with Crippen molar-refractivity contribution in [1.29, 1.82) is 0 Å². The maximum absolute atomic E-state index is 12.9. The Morgan fingerprint density at radius 2 is 1.74 bits per heavy atom. The van der Waals surface area contributed by atoms with E-state index in [1.807, 2.05) is 0 Å². The lowest BCUT2D eigenvalue weighted by atomic mass is 10.0. The molecule has 0 bridgehead atoms. The molecule has 19 heavy (non-hydrogen) atoms. The number of aromatic nitrogens is 3. The highest BCUT2D eigenvalue weighted by Crippen LogP contribution is 2.23. The van der Waals surface area contributed by atoms with Crippen molar-refractivity contribution in [3.8, 4) is 11.1 Å². The minimum atomic E-state index is -0.610. The summed E-state index contributed by atoms with van der Waals surface area (Å²) in [6, 6.07) is 7.38. The molecule has 0 aliphatic carbocycles. The molecule has 0 aliphatic rings. The molecule has 3 rings (SSSR count). The van der Waals surface area contributed by atoms with E-state index >= 15 is 0 Å². The summed E-state index contributed by atoms with van der Waals surface area (Å²) in [5, 5.41) is 0.272.